The number of aromatic nitrogens is 1. The van der Waals surface area contributed by atoms with Crippen LogP contribution in [0.1, 0.15) is 11.1 Å². The second-order valence-electron chi connectivity index (χ2n) is 5.22. The van der Waals surface area contributed by atoms with Crippen molar-refractivity contribution in [3.63, 3.8) is 0 Å². The van der Waals surface area contributed by atoms with Gasteiger partial charge in [-0.15, -0.1) is 0 Å². The van der Waals surface area contributed by atoms with Gasteiger partial charge in [0.1, 0.15) is 0 Å². The first-order chi connectivity index (χ1) is 11.3. The van der Waals surface area contributed by atoms with Crippen molar-refractivity contribution >= 4 is 20.9 Å². The van der Waals surface area contributed by atoms with E-state index in [0.717, 1.165) is 29.1 Å². The Morgan fingerprint density at radius 3 is 2.54 bits per heavy atom. The smallest absolute Gasteiger partial charge is 0.361 e. The van der Waals surface area contributed by atoms with Gasteiger partial charge in [0.25, 0.3) is 0 Å². The molecule has 3 aromatic rings. The average Bonchev–Trinajstić information content (AvgIpc) is 3.00. The van der Waals surface area contributed by atoms with E-state index < -0.39 is 26.7 Å². The number of fused-ring (bicyclic) bond motifs is 1. The van der Waals surface area contributed by atoms with E-state index in [9.17, 15) is 21.6 Å². The van der Waals surface area contributed by atoms with Crippen LogP contribution in [0.15, 0.2) is 59.6 Å². The van der Waals surface area contributed by atoms with Gasteiger partial charge in [-0.1, -0.05) is 18.2 Å². The SMILES string of the molecule is O=S(=O)(NCc1ccc2[nH]ccc2c1)c1ccccc1C(F)(F)F. The highest BCUT2D eigenvalue weighted by atomic mass is 32.2. The van der Waals surface area contributed by atoms with E-state index >= 15 is 0 Å². The molecule has 0 unspecified atom stereocenters. The fourth-order valence-corrected chi connectivity index (χ4v) is 3.65. The maximum absolute atomic E-state index is 13.0. The third-order valence-corrected chi connectivity index (χ3v) is 5.03. The molecule has 0 saturated heterocycles. The van der Waals surface area contributed by atoms with Gasteiger partial charge in [0.15, 0.2) is 0 Å². The maximum atomic E-state index is 13.0. The predicted molar refractivity (Wildman–Crippen MR) is 83.8 cm³/mol. The van der Waals surface area contributed by atoms with Crippen molar-refractivity contribution in [1.29, 1.82) is 0 Å². The van der Waals surface area contributed by atoms with Crippen molar-refractivity contribution < 1.29 is 21.6 Å². The summed E-state index contributed by atoms with van der Waals surface area (Å²) in [5, 5.41) is 0.891. The Balaban J connectivity index is 1.86. The minimum atomic E-state index is -4.74. The molecular formula is C16H13F3N2O2S. The summed E-state index contributed by atoms with van der Waals surface area (Å²) in [5.41, 5.74) is 0.359. The molecule has 0 spiro atoms. The first kappa shape index (κ1) is 16.5. The molecule has 0 amide bonds. The number of nitrogens with one attached hydrogen (secondary N) is 2. The molecule has 0 radical (unpaired) electrons. The number of hydrogen-bond donors (Lipinski definition) is 2. The van der Waals surface area contributed by atoms with Gasteiger partial charge in [0.05, 0.1) is 10.5 Å². The zero-order valence-electron chi connectivity index (χ0n) is 12.3. The quantitative estimate of drug-likeness (QED) is 0.751. The summed E-state index contributed by atoms with van der Waals surface area (Å²) in [4.78, 5) is 2.23. The Labute approximate surface area is 136 Å². The van der Waals surface area contributed by atoms with Crippen LogP contribution in [0.25, 0.3) is 10.9 Å². The van der Waals surface area contributed by atoms with Crippen molar-refractivity contribution in [3.05, 3.63) is 65.9 Å². The average molecular weight is 354 g/mol. The van der Waals surface area contributed by atoms with Crippen molar-refractivity contribution in [2.75, 3.05) is 0 Å². The molecule has 0 fully saturated rings. The Morgan fingerprint density at radius 2 is 1.79 bits per heavy atom. The number of hydrogen-bond acceptors (Lipinski definition) is 2. The molecule has 4 nitrogen and oxygen atoms in total. The van der Waals surface area contributed by atoms with Gasteiger partial charge in [0, 0.05) is 18.3 Å². The van der Waals surface area contributed by atoms with E-state index in [2.05, 4.69) is 9.71 Å². The lowest BCUT2D eigenvalue weighted by atomic mass is 10.1. The number of H-pyrrole nitrogens is 1. The van der Waals surface area contributed by atoms with Gasteiger partial charge in [-0.05, 0) is 41.3 Å². The van der Waals surface area contributed by atoms with Crippen LogP contribution in [-0.2, 0) is 22.7 Å². The summed E-state index contributed by atoms with van der Waals surface area (Å²) in [5.74, 6) is 0. The zero-order valence-corrected chi connectivity index (χ0v) is 13.1. The number of alkyl halides is 3. The molecule has 0 aliphatic carbocycles. The molecule has 126 valence electrons. The minimum Gasteiger partial charge on any atom is -0.361 e. The Morgan fingerprint density at radius 1 is 1.04 bits per heavy atom. The molecule has 0 aliphatic heterocycles. The van der Waals surface area contributed by atoms with E-state index in [-0.39, 0.29) is 6.54 Å². The van der Waals surface area contributed by atoms with E-state index in [0.29, 0.717) is 5.56 Å². The zero-order chi connectivity index (χ0) is 17.4. The molecule has 3 rings (SSSR count). The summed E-state index contributed by atoms with van der Waals surface area (Å²) in [6.07, 6.45) is -2.99. The van der Waals surface area contributed by atoms with Crippen molar-refractivity contribution in [2.24, 2.45) is 0 Å². The fourth-order valence-electron chi connectivity index (χ4n) is 2.40. The predicted octanol–water partition coefficient (Wildman–Crippen LogP) is 3.67. The normalized spacial score (nSPS) is 12.6. The number of halogens is 3. The highest BCUT2D eigenvalue weighted by molar-refractivity contribution is 7.89. The second kappa shape index (κ2) is 5.95. The van der Waals surface area contributed by atoms with Crippen LogP contribution in [0.5, 0.6) is 0 Å². The maximum Gasteiger partial charge on any atom is 0.417 e. The van der Waals surface area contributed by atoms with Crippen LogP contribution in [0.3, 0.4) is 0 Å². The number of sulfonamides is 1. The van der Waals surface area contributed by atoms with Crippen LogP contribution in [-0.4, -0.2) is 13.4 Å². The molecule has 0 saturated carbocycles. The Bertz CT molecular complexity index is 978. The van der Waals surface area contributed by atoms with Gasteiger partial charge in [-0.3, -0.25) is 0 Å². The van der Waals surface area contributed by atoms with Crippen LogP contribution in [0, 0.1) is 0 Å². The molecule has 0 bridgehead atoms. The summed E-state index contributed by atoms with van der Waals surface area (Å²) < 4.78 is 65.7. The highest BCUT2D eigenvalue weighted by Gasteiger charge is 2.36. The Hall–Kier alpha value is -2.32. The van der Waals surface area contributed by atoms with Crippen LogP contribution < -0.4 is 4.72 Å². The number of benzene rings is 2. The van der Waals surface area contributed by atoms with E-state index in [1.165, 1.54) is 6.07 Å². The lowest BCUT2D eigenvalue weighted by molar-refractivity contribution is -0.139. The van der Waals surface area contributed by atoms with Gasteiger partial charge < -0.3 is 4.98 Å². The third-order valence-electron chi connectivity index (χ3n) is 3.57. The monoisotopic (exact) mass is 354 g/mol. The topological polar surface area (TPSA) is 62.0 Å². The van der Waals surface area contributed by atoms with E-state index in [4.69, 9.17) is 0 Å². The summed E-state index contributed by atoms with van der Waals surface area (Å²) in [7, 11) is -4.29. The molecule has 0 aliphatic rings. The molecule has 8 heteroatoms. The second-order valence-corrected chi connectivity index (χ2v) is 6.95. The molecule has 1 aromatic heterocycles. The van der Waals surface area contributed by atoms with Gasteiger partial charge in [0.2, 0.25) is 10.0 Å². The van der Waals surface area contributed by atoms with Gasteiger partial charge >= 0.3 is 6.18 Å². The first-order valence-electron chi connectivity index (χ1n) is 6.99. The van der Waals surface area contributed by atoms with Crippen molar-refractivity contribution in [3.8, 4) is 0 Å². The fraction of sp³-hybridized carbons (Fsp3) is 0.125. The number of aromatic amines is 1. The van der Waals surface area contributed by atoms with E-state index in [1.807, 2.05) is 6.07 Å². The van der Waals surface area contributed by atoms with Gasteiger partial charge in [-0.2, -0.15) is 13.2 Å². The number of rotatable bonds is 4. The van der Waals surface area contributed by atoms with Crippen molar-refractivity contribution in [2.45, 2.75) is 17.6 Å². The highest BCUT2D eigenvalue weighted by Crippen LogP contribution is 2.33. The molecule has 2 aromatic carbocycles. The lowest BCUT2D eigenvalue weighted by Crippen LogP contribution is -2.26. The van der Waals surface area contributed by atoms with Crippen LogP contribution in [0.2, 0.25) is 0 Å². The third kappa shape index (κ3) is 3.29. The molecule has 0 atom stereocenters. The summed E-state index contributed by atoms with van der Waals surface area (Å²) in [6.45, 7) is -0.102. The largest absolute Gasteiger partial charge is 0.417 e. The van der Waals surface area contributed by atoms with Crippen LogP contribution in [0.4, 0.5) is 13.2 Å². The molecular weight excluding hydrogens is 341 g/mol. The molecule has 1 heterocycles. The summed E-state index contributed by atoms with van der Waals surface area (Å²) >= 11 is 0. The minimum absolute atomic E-state index is 0.102. The summed E-state index contributed by atoms with van der Waals surface area (Å²) in [6, 6.07) is 11.2. The molecule has 24 heavy (non-hydrogen) atoms. The first-order valence-corrected chi connectivity index (χ1v) is 8.47. The van der Waals surface area contributed by atoms with Crippen molar-refractivity contribution in [1.82, 2.24) is 9.71 Å². The van der Waals surface area contributed by atoms with E-state index in [1.54, 1.807) is 24.4 Å². The van der Waals surface area contributed by atoms with Crippen LogP contribution >= 0.6 is 0 Å². The Kier molecular flexibility index (Phi) is 4.10. The lowest BCUT2D eigenvalue weighted by Gasteiger charge is -2.13. The standard InChI is InChI=1S/C16H13F3N2O2S/c17-16(18,19)13-3-1-2-4-15(13)24(22,23)21-10-11-5-6-14-12(9-11)7-8-20-14/h1-9,20-21H,10H2. The molecule has 2 N–H and O–H groups in total. The van der Waals surface area contributed by atoms with Gasteiger partial charge in [-0.25, -0.2) is 13.1 Å².